The fourth-order valence-corrected chi connectivity index (χ4v) is 6.79. The van der Waals surface area contributed by atoms with Crippen molar-refractivity contribution in [2.45, 2.75) is 232 Å². The molecule has 0 aliphatic heterocycles. The number of esters is 3. The third-order valence-corrected chi connectivity index (χ3v) is 10.6. The SMILES string of the molecule is CC/C=C\C/C=C\C/C=C\C/C=C\C/C=C\CCCC(=O)OCC(COC(=O)CCCC/C=C\C/C=C\C/C=C\CC)OC(=O)CCCCCCCCCCCCCCCCCC. The summed E-state index contributed by atoms with van der Waals surface area (Å²) in [6.07, 6.45) is 66.9. The summed E-state index contributed by atoms with van der Waals surface area (Å²) in [5.74, 6) is -1.01. The van der Waals surface area contributed by atoms with Crippen LogP contribution in [0.4, 0.5) is 0 Å². The predicted octanol–water partition coefficient (Wildman–Crippen LogP) is 17.0. The minimum atomic E-state index is -0.814. The standard InChI is InChI=1S/C57H94O6/c1-4-7-10-13-16-19-22-25-27-29-31-32-35-38-41-44-47-50-56(59)62-53-54(52-61-55(58)49-46-43-40-37-34-24-21-18-15-12-9-6-3)63-57(60)51-48-45-42-39-36-33-30-28-26-23-20-17-14-11-8-5-2/h7,9-10,12,16,18-19,21,25,27,31-32,34,37-38,41,54H,4-6,8,11,13-15,17,20,22-24,26,28-30,33,35-36,39-40,42-53H2,1-3H3/b10-7-,12-9-,19-16-,21-18-,27-25-,32-31-,37-34-,41-38-. The van der Waals surface area contributed by atoms with Crippen LogP contribution in [0.2, 0.25) is 0 Å². The predicted molar refractivity (Wildman–Crippen MR) is 270 cm³/mol. The number of hydrogen-bond acceptors (Lipinski definition) is 6. The Labute approximate surface area is 387 Å². The number of rotatable bonds is 45. The van der Waals surface area contributed by atoms with Gasteiger partial charge < -0.3 is 14.2 Å². The fourth-order valence-electron chi connectivity index (χ4n) is 6.79. The van der Waals surface area contributed by atoms with Crippen molar-refractivity contribution >= 4 is 17.9 Å². The smallest absolute Gasteiger partial charge is 0.306 e. The minimum absolute atomic E-state index is 0.115. The summed E-state index contributed by atoms with van der Waals surface area (Å²) in [6, 6.07) is 0. The van der Waals surface area contributed by atoms with Gasteiger partial charge in [0.25, 0.3) is 0 Å². The summed E-state index contributed by atoms with van der Waals surface area (Å²) in [6.45, 7) is 6.32. The molecule has 0 rings (SSSR count). The van der Waals surface area contributed by atoms with E-state index in [0.29, 0.717) is 19.3 Å². The molecule has 1 unspecified atom stereocenters. The van der Waals surface area contributed by atoms with Crippen LogP contribution in [-0.4, -0.2) is 37.2 Å². The molecule has 0 radical (unpaired) electrons. The maximum atomic E-state index is 12.8. The van der Waals surface area contributed by atoms with E-state index in [9.17, 15) is 14.4 Å². The van der Waals surface area contributed by atoms with Crippen LogP contribution in [-0.2, 0) is 28.6 Å². The molecule has 0 amide bonds. The Morgan fingerprint density at radius 2 is 0.635 bits per heavy atom. The topological polar surface area (TPSA) is 78.9 Å². The second kappa shape index (κ2) is 51.0. The van der Waals surface area contributed by atoms with Crippen LogP contribution in [0.1, 0.15) is 226 Å². The van der Waals surface area contributed by atoms with Gasteiger partial charge in [-0.1, -0.05) is 214 Å². The monoisotopic (exact) mass is 875 g/mol. The molecular formula is C57H94O6. The van der Waals surface area contributed by atoms with Crippen molar-refractivity contribution in [1.82, 2.24) is 0 Å². The van der Waals surface area contributed by atoms with Gasteiger partial charge in [0.1, 0.15) is 13.2 Å². The van der Waals surface area contributed by atoms with Crippen molar-refractivity contribution in [3.8, 4) is 0 Å². The molecule has 0 heterocycles. The molecule has 1 atom stereocenters. The molecular weight excluding hydrogens is 781 g/mol. The van der Waals surface area contributed by atoms with E-state index in [0.717, 1.165) is 96.3 Å². The molecule has 0 saturated heterocycles. The lowest BCUT2D eigenvalue weighted by Gasteiger charge is -2.18. The summed E-state index contributed by atoms with van der Waals surface area (Å²) < 4.78 is 16.7. The molecule has 0 aromatic carbocycles. The number of allylic oxidation sites excluding steroid dienone is 16. The van der Waals surface area contributed by atoms with Gasteiger partial charge in [0.05, 0.1) is 0 Å². The van der Waals surface area contributed by atoms with Gasteiger partial charge in [0.2, 0.25) is 0 Å². The van der Waals surface area contributed by atoms with Crippen LogP contribution in [0, 0.1) is 0 Å². The maximum Gasteiger partial charge on any atom is 0.306 e. The fraction of sp³-hybridized carbons (Fsp3) is 0.667. The normalized spacial score (nSPS) is 12.9. The van der Waals surface area contributed by atoms with Gasteiger partial charge in [0, 0.05) is 19.3 Å². The van der Waals surface area contributed by atoms with Gasteiger partial charge in [-0.15, -0.1) is 0 Å². The molecule has 0 aromatic heterocycles. The highest BCUT2D eigenvalue weighted by Crippen LogP contribution is 2.15. The summed E-state index contributed by atoms with van der Waals surface area (Å²) in [5, 5.41) is 0. The highest BCUT2D eigenvalue weighted by Gasteiger charge is 2.19. The Hall–Kier alpha value is -3.67. The average molecular weight is 875 g/mol. The first-order valence-electron chi connectivity index (χ1n) is 25.7. The third-order valence-electron chi connectivity index (χ3n) is 10.6. The van der Waals surface area contributed by atoms with Gasteiger partial charge in [-0.25, -0.2) is 0 Å². The number of carbonyl (C=O) groups is 3. The molecule has 63 heavy (non-hydrogen) atoms. The highest BCUT2D eigenvalue weighted by atomic mass is 16.6. The van der Waals surface area contributed by atoms with E-state index in [2.05, 4.69) is 118 Å². The average Bonchev–Trinajstić information content (AvgIpc) is 3.28. The molecule has 0 spiro atoms. The lowest BCUT2D eigenvalue weighted by molar-refractivity contribution is -0.167. The van der Waals surface area contributed by atoms with Gasteiger partial charge in [0.15, 0.2) is 6.10 Å². The van der Waals surface area contributed by atoms with Crippen molar-refractivity contribution in [3.63, 3.8) is 0 Å². The van der Waals surface area contributed by atoms with E-state index >= 15 is 0 Å². The molecule has 0 N–H and O–H groups in total. The first-order chi connectivity index (χ1) is 31.0. The van der Waals surface area contributed by atoms with Crippen LogP contribution in [0.5, 0.6) is 0 Å². The number of hydrogen-bond donors (Lipinski definition) is 0. The van der Waals surface area contributed by atoms with E-state index in [1.165, 1.54) is 83.5 Å². The zero-order chi connectivity index (χ0) is 45.8. The van der Waals surface area contributed by atoms with Crippen molar-refractivity contribution in [2.24, 2.45) is 0 Å². The first kappa shape index (κ1) is 59.3. The number of unbranched alkanes of at least 4 members (excludes halogenated alkanes) is 18. The Morgan fingerprint density at radius 3 is 1.03 bits per heavy atom. The van der Waals surface area contributed by atoms with E-state index in [4.69, 9.17) is 14.2 Å². The van der Waals surface area contributed by atoms with E-state index < -0.39 is 6.10 Å². The first-order valence-corrected chi connectivity index (χ1v) is 25.7. The molecule has 358 valence electrons. The van der Waals surface area contributed by atoms with Gasteiger partial charge in [-0.3, -0.25) is 14.4 Å². The summed E-state index contributed by atoms with van der Waals surface area (Å²) >= 11 is 0. The van der Waals surface area contributed by atoms with Crippen molar-refractivity contribution in [3.05, 3.63) is 97.2 Å². The van der Waals surface area contributed by atoms with Crippen LogP contribution >= 0.6 is 0 Å². The molecule has 0 bridgehead atoms. The number of carbonyl (C=O) groups excluding carboxylic acids is 3. The van der Waals surface area contributed by atoms with Gasteiger partial charge >= 0.3 is 17.9 Å². The molecule has 0 aliphatic carbocycles. The van der Waals surface area contributed by atoms with Crippen LogP contribution in [0.25, 0.3) is 0 Å². The Bertz CT molecular complexity index is 1280. The number of ether oxygens (including phenoxy) is 3. The van der Waals surface area contributed by atoms with Gasteiger partial charge in [-0.05, 0) is 89.9 Å². The Morgan fingerprint density at radius 1 is 0.333 bits per heavy atom. The molecule has 6 nitrogen and oxygen atoms in total. The summed E-state index contributed by atoms with van der Waals surface area (Å²) in [4.78, 5) is 37.9. The molecule has 0 aromatic rings. The quantitative estimate of drug-likeness (QED) is 0.0262. The highest BCUT2D eigenvalue weighted by molar-refractivity contribution is 5.71. The molecule has 0 saturated carbocycles. The molecule has 0 aliphatic rings. The van der Waals surface area contributed by atoms with Crippen LogP contribution < -0.4 is 0 Å². The molecule has 6 heteroatoms. The Balaban J connectivity index is 4.50. The zero-order valence-corrected chi connectivity index (χ0v) is 40.8. The lowest BCUT2D eigenvalue weighted by Crippen LogP contribution is -2.30. The second-order valence-electron chi connectivity index (χ2n) is 16.7. The second-order valence-corrected chi connectivity index (χ2v) is 16.7. The van der Waals surface area contributed by atoms with Crippen LogP contribution in [0.3, 0.4) is 0 Å². The van der Waals surface area contributed by atoms with E-state index in [1.807, 2.05) is 0 Å². The minimum Gasteiger partial charge on any atom is -0.462 e. The van der Waals surface area contributed by atoms with E-state index in [-0.39, 0.29) is 37.5 Å². The van der Waals surface area contributed by atoms with Crippen molar-refractivity contribution in [2.75, 3.05) is 13.2 Å². The Kier molecular flexibility index (Phi) is 48.0. The third kappa shape index (κ3) is 49.2. The molecule has 0 fully saturated rings. The largest absolute Gasteiger partial charge is 0.462 e. The maximum absolute atomic E-state index is 12.8. The van der Waals surface area contributed by atoms with Crippen molar-refractivity contribution in [1.29, 1.82) is 0 Å². The van der Waals surface area contributed by atoms with Crippen molar-refractivity contribution < 1.29 is 28.6 Å². The lowest BCUT2D eigenvalue weighted by atomic mass is 10.0. The van der Waals surface area contributed by atoms with Gasteiger partial charge in [-0.2, -0.15) is 0 Å². The summed E-state index contributed by atoms with van der Waals surface area (Å²) in [5.41, 5.74) is 0. The van der Waals surface area contributed by atoms with Crippen LogP contribution in [0.15, 0.2) is 97.2 Å². The summed E-state index contributed by atoms with van der Waals surface area (Å²) in [7, 11) is 0. The van der Waals surface area contributed by atoms with E-state index in [1.54, 1.807) is 0 Å². The zero-order valence-electron chi connectivity index (χ0n) is 40.8.